The molecule has 0 aromatic heterocycles. The minimum absolute atomic E-state index is 0.530. The fourth-order valence-corrected chi connectivity index (χ4v) is 4.19. The first-order valence-electron chi connectivity index (χ1n) is 7.31. The molecule has 0 fully saturated rings. The lowest BCUT2D eigenvalue weighted by Crippen LogP contribution is -2.22. The minimum Gasteiger partial charge on any atom is -0.313 e. The van der Waals surface area contributed by atoms with Gasteiger partial charge in [0.2, 0.25) is 0 Å². The van der Waals surface area contributed by atoms with Gasteiger partial charge in [-0.05, 0) is 54.8 Å². The van der Waals surface area contributed by atoms with Crippen LogP contribution in [0.3, 0.4) is 0 Å². The van der Waals surface area contributed by atoms with E-state index in [0.29, 0.717) is 6.04 Å². The standard InChI is InChI=1S/C18H21NS/c1-19-18-15(13-14-7-5-6-10-17(14)18)11-12-20-16-8-3-2-4-9-16/h2-10,15,18-19H,11-13H2,1H3. The predicted molar refractivity (Wildman–Crippen MR) is 87.2 cm³/mol. The van der Waals surface area contributed by atoms with E-state index >= 15 is 0 Å². The molecule has 0 bridgehead atoms. The zero-order chi connectivity index (χ0) is 13.8. The van der Waals surface area contributed by atoms with E-state index in [1.165, 1.54) is 34.6 Å². The summed E-state index contributed by atoms with van der Waals surface area (Å²) in [6, 6.07) is 20.1. The molecule has 2 aromatic rings. The van der Waals surface area contributed by atoms with Crippen LogP contribution in [0.15, 0.2) is 59.5 Å². The first kappa shape index (κ1) is 13.7. The van der Waals surface area contributed by atoms with E-state index in [1.807, 2.05) is 11.8 Å². The molecule has 0 heterocycles. The molecule has 2 aromatic carbocycles. The van der Waals surface area contributed by atoms with E-state index in [2.05, 4.69) is 67.0 Å². The molecule has 0 saturated carbocycles. The van der Waals surface area contributed by atoms with Crippen molar-refractivity contribution >= 4 is 11.8 Å². The monoisotopic (exact) mass is 283 g/mol. The summed E-state index contributed by atoms with van der Waals surface area (Å²) in [4.78, 5) is 1.38. The molecule has 1 aliphatic rings. The van der Waals surface area contributed by atoms with Gasteiger partial charge >= 0.3 is 0 Å². The smallest absolute Gasteiger partial charge is 0.0352 e. The van der Waals surface area contributed by atoms with Crippen LogP contribution in [0.4, 0.5) is 0 Å². The molecule has 1 N–H and O–H groups in total. The third-order valence-corrected chi connectivity index (χ3v) is 5.20. The summed E-state index contributed by atoms with van der Waals surface area (Å²) in [7, 11) is 2.09. The Morgan fingerprint density at radius 2 is 1.80 bits per heavy atom. The van der Waals surface area contributed by atoms with E-state index < -0.39 is 0 Å². The molecule has 2 unspecified atom stereocenters. The van der Waals surface area contributed by atoms with Crippen LogP contribution < -0.4 is 5.32 Å². The van der Waals surface area contributed by atoms with Gasteiger partial charge in [-0.3, -0.25) is 0 Å². The molecular weight excluding hydrogens is 262 g/mol. The summed E-state index contributed by atoms with van der Waals surface area (Å²) in [6.07, 6.45) is 2.48. The highest BCUT2D eigenvalue weighted by atomic mass is 32.2. The fourth-order valence-electron chi connectivity index (χ4n) is 3.18. The highest BCUT2D eigenvalue weighted by Gasteiger charge is 2.30. The molecule has 20 heavy (non-hydrogen) atoms. The Morgan fingerprint density at radius 1 is 1.05 bits per heavy atom. The first-order valence-corrected chi connectivity index (χ1v) is 8.30. The van der Waals surface area contributed by atoms with Crippen LogP contribution in [0.2, 0.25) is 0 Å². The maximum Gasteiger partial charge on any atom is 0.0352 e. The number of nitrogens with one attached hydrogen (secondary N) is 1. The topological polar surface area (TPSA) is 12.0 Å². The predicted octanol–water partition coefficient (Wildman–Crippen LogP) is 4.30. The van der Waals surface area contributed by atoms with Crippen molar-refractivity contribution in [1.29, 1.82) is 0 Å². The molecule has 3 rings (SSSR count). The van der Waals surface area contributed by atoms with Crippen molar-refractivity contribution in [2.75, 3.05) is 12.8 Å². The second-order valence-electron chi connectivity index (χ2n) is 5.38. The molecule has 1 nitrogen and oxygen atoms in total. The van der Waals surface area contributed by atoms with Gasteiger partial charge in [0.25, 0.3) is 0 Å². The van der Waals surface area contributed by atoms with Gasteiger partial charge in [0.05, 0.1) is 0 Å². The van der Waals surface area contributed by atoms with Gasteiger partial charge in [-0.1, -0.05) is 42.5 Å². The molecule has 0 saturated heterocycles. The van der Waals surface area contributed by atoms with Gasteiger partial charge in [0, 0.05) is 10.9 Å². The van der Waals surface area contributed by atoms with E-state index in [9.17, 15) is 0 Å². The van der Waals surface area contributed by atoms with E-state index in [-0.39, 0.29) is 0 Å². The lowest BCUT2D eigenvalue weighted by Gasteiger charge is -2.19. The Bertz CT molecular complexity index is 552. The summed E-state index contributed by atoms with van der Waals surface area (Å²) < 4.78 is 0. The molecule has 104 valence electrons. The van der Waals surface area contributed by atoms with Crippen molar-refractivity contribution in [1.82, 2.24) is 5.32 Å². The Balaban J connectivity index is 1.59. The molecule has 2 heteroatoms. The summed E-state index contributed by atoms with van der Waals surface area (Å²) in [5.41, 5.74) is 3.03. The van der Waals surface area contributed by atoms with Gasteiger partial charge in [0.1, 0.15) is 0 Å². The average Bonchev–Trinajstić information content (AvgIpc) is 2.86. The second kappa shape index (κ2) is 6.47. The molecule has 0 spiro atoms. The molecule has 0 radical (unpaired) electrons. The summed E-state index contributed by atoms with van der Waals surface area (Å²) in [5.74, 6) is 1.93. The molecule has 2 atom stereocenters. The van der Waals surface area contributed by atoms with Crippen LogP contribution in [-0.2, 0) is 6.42 Å². The van der Waals surface area contributed by atoms with E-state index in [0.717, 1.165) is 5.92 Å². The number of thioether (sulfide) groups is 1. The summed E-state index contributed by atoms with van der Waals surface area (Å²) in [6.45, 7) is 0. The van der Waals surface area contributed by atoms with Crippen molar-refractivity contribution < 1.29 is 0 Å². The van der Waals surface area contributed by atoms with Crippen LogP contribution in [-0.4, -0.2) is 12.8 Å². The van der Waals surface area contributed by atoms with Crippen LogP contribution in [0.1, 0.15) is 23.6 Å². The van der Waals surface area contributed by atoms with Gasteiger partial charge in [0.15, 0.2) is 0 Å². The SMILES string of the molecule is CNC1c2ccccc2CC1CCSc1ccccc1. The Labute approximate surface area is 125 Å². The van der Waals surface area contributed by atoms with Crippen LogP contribution in [0, 0.1) is 5.92 Å². The quantitative estimate of drug-likeness (QED) is 0.821. The third kappa shape index (κ3) is 2.92. The minimum atomic E-state index is 0.530. The highest BCUT2D eigenvalue weighted by molar-refractivity contribution is 7.99. The number of benzene rings is 2. The van der Waals surface area contributed by atoms with Gasteiger partial charge in [-0.15, -0.1) is 11.8 Å². The second-order valence-corrected chi connectivity index (χ2v) is 6.55. The van der Waals surface area contributed by atoms with Crippen molar-refractivity contribution in [2.24, 2.45) is 5.92 Å². The number of hydrogen-bond acceptors (Lipinski definition) is 2. The van der Waals surface area contributed by atoms with Crippen LogP contribution in [0.25, 0.3) is 0 Å². The summed E-state index contributed by atoms with van der Waals surface area (Å²) >= 11 is 1.97. The lowest BCUT2D eigenvalue weighted by atomic mass is 9.98. The van der Waals surface area contributed by atoms with Crippen molar-refractivity contribution in [2.45, 2.75) is 23.8 Å². The zero-order valence-corrected chi connectivity index (χ0v) is 12.7. The lowest BCUT2D eigenvalue weighted by molar-refractivity contribution is 0.404. The fraction of sp³-hybridized carbons (Fsp3) is 0.333. The average molecular weight is 283 g/mol. The van der Waals surface area contributed by atoms with Crippen molar-refractivity contribution in [3.8, 4) is 0 Å². The van der Waals surface area contributed by atoms with Gasteiger partial charge in [-0.2, -0.15) is 0 Å². The first-order chi connectivity index (χ1) is 9.88. The van der Waals surface area contributed by atoms with Gasteiger partial charge < -0.3 is 5.32 Å². The maximum atomic E-state index is 3.51. The zero-order valence-electron chi connectivity index (χ0n) is 11.9. The maximum absolute atomic E-state index is 3.51. The molecule has 0 amide bonds. The number of fused-ring (bicyclic) bond motifs is 1. The summed E-state index contributed by atoms with van der Waals surface area (Å²) in [5, 5.41) is 3.51. The Morgan fingerprint density at radius 3 is 2.60 bits per heavy atom. The largest absolute Gasteiger partial charge is 0.313 e. The third-order valence-electron chi connectivity index (χ3n) is 4.16. The number of rotatable bonds is 5. The van der Waals surface area contributed by atoms with Crippen molar-refractivity contribution in [3.05, 3.63) is 65.7 Å². The van der Waals surface area contributed by atoms with Crippen LogP contribution >= 0.6 is 11.8 Å². The Hall–Kier alpha value is -1.25. The van der Waals surface area contributed by atoms with E-state index in [1.54, 1.807) is 0 Å². The molecular formula is C18H21NS. The van der Waals surface area contributed by atoms with Crippen molar-refractivity contribution in [3.63, 3.8) is 0 Å². The molecule has 0 aliphatic heterocycles. The highest BCUT2D eigenvalue weighted by Crippen LogP contribution is 2.38. The number of hydrogen-bond donors (Lipinski definition) is 1. The normalized spacial score (nSPS) is 20.9. The van der Waals surface area contributed by atoms with Gasteiger partial charge in [-0.25, -0.2) is 0 Å². The molecule has 1 aliphatic carbocycles. The Kier molecular flexibility index (Phi) is 4.44. The van der Waals surface area contributed by atoms with Crippen LogP contribution in [0.5, 0.6) is 0 Å². The van der Waals surface area contributed by atoms with E-state index in [4.69, 9.17) is 0 Å².